The van der Waals surface area contributed by atoms with E-state index in [4.69, 9.17) is 11.3 Å². The molecule has 0 unspecified atom stereocenters. The predicted octanol–water partition coefficient (Wildman–Crippen LogP) is 3.35. The summed E-state index contributed by atoms with van der Waals surface area (Å²) in [6.45, 7) is 14.6. The van der Waals surface area contributed by atoms with E-state index in [1.807, 2.05) is 13.8 Å². The average molecular weight is 169 g/mol. The molecule has 71 valence electrons. The maximum atomic E-state index is 5.57. The molecule has 0 bridgehead atoms. The van der Waals surface area contributed by atoms with E-state index in [2.05, 4.69) is 13.8 Å². The van der Waals surface area contributed by atoms with E-state index in [0.29, 0.717) is 0 Å². The molecule has 0 aliphatic rings. The van der Waals surface area contributed by atoms with Gasteiger partial charge in [-0.15, -0.1) is 0 Å². The summed E-state index contributed by atoms with van der Waals surface area (Å²) in [4.78, 5) is 0. The second-order valence-corrected chi connectivity index (χ2v) is 3.89. The first-order valence-electron chi connectivity index (χ1n) is 4.70. The van der Waals surface area contributed by atoms with Crippen LogP contribution in [0.25, 0.3) is 0 Å². The lowest BCUT2D eigenvalue weighted by Gasteiger charge is -2.24. The summed E-state index contributed by atoms with van der Waals surface area (Å²) in [6.07, 6.45) is 3.21. The maximum absolute atomic E-state index is 5.57. The summed E-state index contributed by atoms with van der Waals surface area (Å²) in [7, 11) is 0. The normalized spacial score (nSPS) is 11.7. The number of rotatable bonds is 6. The van der Waals surface area contributed by atoms with Crippen LogP contribution in [-0.2, 0) is 4.74 Å². The first-order chi connectivity index (χ1) is 5.48. The molecule has 0 N–H and O–H groups in total. The van der Waals surface area contributed by atoms with Crippen molar-refractivity contribution >= 4 is 0 Å². The molecule has 0 aromatic carbocycles. The van der Waals surface area contributed by atoms with Crippen molar-refractivity contribution in [3.63, 3.8) is 0 Å². The van der Waals surface area contributed by atoms with Crippen molar-refractivity contribution in [2.24, 2.45) is 0 Å². The lowest BCUT2D eigenvalue weighted by molar-refractivity contribution is -0.0172. The smallest absolute Gasteiger partial charge is 0.0626 e. The Morgan fingerprint density at radius 3 is 2.42 bits per heavy atom. The zero-order valence-electron chi connectivity index (χ0n) is 8.81. The standard InChI is InChI=1S/C11H21O/c1-6-12-11(4,5)9-7-8-10(2)3/h2H,6-9H2,1,3-5H3. The van der Waals surface area contributed by atoms with Crippen molar-refractivity contribution in [3.8, 4) is 0 Å². The van der Waals surface area contributed by atoms with Crippen LogP contribution in [0, 0.1) is 6.58 Å². The van der Waals surface area contributed by atoms with E-state index in [0.717, 1.165) is 31.4 Å². The lowest BCUT2D eigenvalue weighted by atomic mass is 9.99. The van der Waals surface area contributed by atoms with E-state index in [9.17, 15) is 0 Å². The number of hydrogen-bond acceptors (Lipinski definition) is 1. The maximum Gasteiger partial charge on any atom is 0.0626 e. The fourth-order valence-electron chi connectivity index (χ4n) is 1.26. The molecule has 0 saturated carbocycles. The Morgan fingerprint density at radius 1 is 1.42 bits per heavy atom. The molecule has 1 radical (unpaired) electrons. The Hall–Kier alpha value is -0.300. The zero-order chi connectivity index (χ0) is 9.61. The molecular formula is C11H21O. The van der Waals surface area contributed by atoms with Crippen LogP contribution in [0.1, 0.15) is 47.0 Å². The van der Waals surface area contributed by atoms with E-state index < -0.39 is 0 Å². The van der Waals surface area contributed by atoms with Crippen molar-refractivity contribution in [3.05, 3.63) is 12.2 Å². The van der Waals surface area contributed by atoms with Gasteiger partial charge in [-0.2, -0.15) is 0 Å². The van der Waals surface area contributed by atoms with Gasteiger partial charge in [0.1, 0.15) is 0 Å². The van der Waals surface area contributed by atoms with E-state index in [-0.39, 0.29) is 5.60 Å². The molecule has 0 aromatic heterocycles. The van der Waals surface area contributed by atoms with E-state index in [1.54, 1.807) is 0 Å². The van der Waals surface area contributed by atoms with Crippen molar-refractivity contribution in [1.82, 2.24) is 0 Å². The third-order valence-corrected chi connectivity index (χ3v) is 1.89. The van der Waals surface area contributed by atoms with Gasteiger partial charge in [0.2, 0.25) is 0 Å². The van der Waals surface area contributed by atoms with Gasteiger partial charge in [-0.05, 0) is 47.0 Å². The van der Waals surface area contributed by atoms with Crippen LogP contribution in [0.2, 0.25) is 0 Å². The molecular weight excluding hydrogens is 148 g/mol. The minimum absolute atomic E-state index is 0.0181. The summed E-state index contributed by atoms with van der Waals surface area (Å²) in [5, 5.41) is 0. The lowest BCUT2D eigenvalue weighted by Crippen LogP contribution is -2.24. The highest BCUT2D eigenvalue weighted by Crippen LogP contribution is 2.18. The highest BCUT2D eigenvalue weighted by atomic mass is 16.5. The molecule has 0 atom stereocenters. The van der Waals surface area contributed by atoms with Crippen molar-refractivity contribution < 1.29 is 4.74 Å². The summed E-state index contributed by atoms with van der Waals surface area (Å²) in [5.41, 5.74) is 1.03. The molecule has 0 heterocycles. The minimum Gasteiger partial charge on any atom is -0.376 e. The molecule has 0 amide bonds. The Labute approximate surface area is 76.8 Å². The van der Waals surface area contributed by atoms with E-state index >= 15 is 0 Å². The van der Waals surface area contributed by atoms with Gasteiger partial charge < -0.3 is 4.74 Å². The van der Waals surface area contributed by atoms with Crippen LogP contribution >= 0.6 is 0 Å². The summed E-state index contributed by atoms with van der Waals surface area (Å²) < 4.78 is 5.56. The van der Waals surface area contributed by atoms with Gasteiger partial charge in [0.25, 0.3) is 0 Å². The monoisotopic (exact) mass is 169 g/mol. The molecule has 1 nitrogen and oxygen atoms in total. The van der Waals surface area contributed by atoms with E-state index in [1.165, 1.54) is 0 Å². The van der Waals surface area contributed by atoms with Gasteiger partial charge in [-0.1, -0.05) is 12.2 Å². The van der Waals surface area contributed by atoms with Crippen LogP contribution in [-0.4, -0.2) is 12.2 Å². The average Bonchev–Trinajstić information content (AvgIpc) is 1.85. The molecule has 1 heteroatoms. The topological polar surface area (TPSA) is 9.23 Å². The SMILES string of the molecule is [CH]=C(C)CCCC(C)(C)OCC. The van der Waals surface area contributed by atoms with Gasteiger partial charge in [0.15, 0.2) is 0 Å². The second-order valence-electron chi connectivity index (χ2n) is 3.89. The van der Waals surface area contributed by atoms with Crippen molar-refractivity contribution in [1.29, 1.82) is 0 Å². The fraction of sp³-hybridized carbons (Fsp3) is 0.818. The van der Waals surface area contributed by atoms with Gasteiger partial charge in [0, 0.05) is 6.61 Å². The second kappa shape index (κ2) is 5.36. The van der Waals surface area contributed by atoms with Crippen LogP contribution in [0.4, 0.5) is 0 Å². The van der Waals surface area contributed by atoms with Crippen LogP contribution < -0.4 is 0 Å². The first-order valence-corrected chi connectivity index (χ1v) is 4.70. The number of ether oxygens (including phenoxy) is 1. The van der Waals surface area contributed by atoms with Gasteiger partial charge in [-0.25, -0.2) is 0 Å². The number of hydrogen-bond donors (Lipinski definition) is 0. The van der Waals surface area contributed by atoms with Crippen LogP contribution in [0.5, 0.6) is 0 Å². The molecule has 0 aliphatic heterocycles. The molecule has 0 spiro atoms. The van der Waals surface area contributed by atoms with Crippen molar-refractivity contribution in [2.75, 3.05) is 6.61 Å². The van der Waals surface area contributed by atoms with Crippen molar-refractivity contribution in [2.45, 2.75) is 52.6 Å². The third kappa shape index (κ3) is 6.41. The van der Waals surface area contributed by atoms with Gasteiger partial charge >= 0.3 is 0 Å². The Kier molecular flexibility index (Phi) is 5.23. The van der Waals surface area contributed by atoms with Gasteiger partial charge in [0.05, 0.1) is 5.60 Å². The van der Waals surface area contributed by atoms with Gasteiger partial charge in [-0.3, -0.25) is 0 Å². The van der Waals surface area contributed by atoms with Crippen LogP contribution in [0.3, 0.4) is 0 Å². The largest absolute Gasteiger partial charge is 0.376 e. The highest BCUT2D eigenvalue weighted by molar-refractivity contribution is 4.85. The minimum atomic E-state index is 0.0181. The first kappa shape index (κ1) is 11.7. The number of allylic oxidation sites excluding steroid dienone is 1. The summed E-state index contributed by atoms with van der Waals surface area (Å²) >= 11 is 0. The fourth-order valence-corrected chi connectivity index (χ4v) is 1.26. The molecule has 0 saturated heterocycles. The molecule has 0 fully saturated rings. The third-order valence-electron chi connectivity index (χ3n) is 1.89. The Balaban J connectivity index is 3.53. The van der Waals surface area contributed by atoms with Crippen LogP contribution in [0.15, 0.2) is 5.57 Å². The molecule has 0 aliphatic carbocycles. The zero-order valence-corrected chi connectivity index (χ0v) is 8.81. The summed E-state index contributed by atoms with van der Waals surface area (Å²) in [5.74, 6) is 0. The Morgan fingerprint density at radius 2 is 2.00 bits per heavy atom. The molecule has 0 aromatic rings. The quantitative estimate of drug-likeness (QED) is 0.592. The Bertz CT molecular complexity index is 136. The summed E-state index contributed by atoms with van der Waals surface area (Å²) in [6, 6.07) is 0. The predicted molar refractivity (Wildman–Crippen MR) is 53.0 cm³/mol. The molecule has 0 rings (SSSR count). The highest BCUT2D eigenvalue weighted by Gasteiger charge is 2.16. The molecule has 12 heavy (non-hydrogen) atoms.